The molecule has 20 heavy (non-hydrogen) atoms. The van der Waals surface area contributed by atoms with E-state index in [0.717, 1.165) is 16.9 Å². The van der Waals surface area contributed by atoms with Crippen LogP contribution in [0.25, 0.3) is 5.65 Å². The second-order valence-electron chi connectivity index (χ2n) is 4.53. The van der Waals surface area contributed by atoms with E-state index in [1.807, 2.05) is 13.8 Å². The van der Waals surface area contributed by atoms with Crippen LogP contribution in [-0.4, -0.2) is 39.2 Å². The molecule has 8 heteroatoms. The summed E-state index contributed by atoms with van der Waals surface area (Å²) < 4.78 is 6.49. The second kappa shape index (κ2) is 5.72. The molecule has 3 N–H and O–H groups in total. The fourth-order valence-corrected chi connectivity index (χ4v) is 1.96. The topological polar surface area (TPSA) is 107 Å². The number of anilines is 2. The van der Waals surface area contributed by atoms with Crippen LogP contribution in [-0.2, 0) is 9.53 Å². The molecule has 0 atom stereocenters. The first-order valence-electron chi connectivity index (χ1n) is 6.36. The molecule has 0 aromatic carbocycles. The summed E-state index contributed by atoms with van der Waals surface area (Å²) >= 11 is 0. The van der Waals surface area contributed by atoms with E-state index in [4.69, 9.17) is 10.5 Å². The van der Waals surface area contributed by atoms with Gasteiger partial charge in [0, 0.05) is 19.2 Å². The van der Waals surface area contributed by atoms with Crippen molar-refractivity contribution in [1.82, 2.24) is 20.0 Å². The number of nitrogen functional groups attached to an aromatic ring is 1. The number of aryl methyl sites for hydroxylation is 1. The Morgan fingerprint density at radius 2 is 2.20 bits per heavy atom. The molecule has 0 spiro atoms. The molecule has 0 amide bonds. The molecular formula is C12H18N6O2. The number of ether oxygens (including phenoxy) is 1. The van der Waals surface area contributed by atoms with Gasteiger partial charge in [-0.25, -0.2) is 0 Å². The van der Waals surface area contributed by atoms with Crippen molar-refractivity contribution < 1.29 is 9.53 Å². The molecule has 2 aromatic heterocycles. The number of nitrogens with zero attached hydrogens (tertiary/aromatic N) is 4. The summed E-state index contributed by atoms with van der Waals surface area (Å²) in [6.07, 6.45) is 0.702. The van der Waals surface area contributed by atoms with Gasteiger partial charge in [-0.05, 0) is 36.3 Å². The minimum atomic E-state index is -0.271. The maximum Gasteiger partial charge on any atom is 0.302 e. The molecule has 0 unspecified atom stereocenters. The van der Waals surface area contributed by atoms with Crippen LogP contribution in [0.15, 0.2) is 0 Å². The normalized spacial score (nSPS) is 10.8. The van der Waals surface area contributed by atoms with Gasteiger partial charge in [-0.2, -0.15) is 4.52 Å². The molecule has 0 radical (unpaired) electrons. The van der Waals surface area contributed by atoms with Gasteiger partial charge in [0.2, 0.25) is 5.65 Å². The number of fused-ring (bicyclic) bond motifs is 1. The van der Waals surface area contributed by atoms with Gasteiger partial charge in [0.15, 0.2) is 0 Å². The number of carbonyl (C=O) groups excluding carboxylic acids is 1. The number of aromatic nitrogens is 4. The van der Waals surface area contributed by atoms with E-state index in [9.17, 15) is 4.79 Å². The maximum atomic E-state index is 10.7. The summed E-state index contributed by atoms with van der Waals surface area (Å²) in [7, 11) is 0. The minimum Gasteiger partial charge on any atom is -0.466 e. The molecule has 0 saturated heterocycles. The first-order valence-corrected chi connectivity index (χ1v) is 6.36. The van der Waals surface area contributed by atoms with Crippen LogP contribution in [0.5, 0.6) is 0 Å². The van der Waals surface area contributed by atoms with Crippen LogP contribution in [0, 0.1) is 13.8 Å². The molecule has 0 saturated carbocycles. The number of nitrogens with two attached hydrogens (primary N) is 1. The summed E-state index contributed by atoms with van der Waals surface area (Å²) in [5, 5.41) is 14.7. The fraction of sp³-hybridized carbons (Fsp3) is 0.500. The molecule has 108 valence electrons. The Bertz CT molecular complexity index is 636. The number of nitrogens with one attached hydrogen (secondary N) is 1. The molecular weight excluding hydrogens is 260 g/mol. The predicted octanol–water partition coefficient (Wildman–Crippen LogP) is 0.688. The average molecular weight is 278 g/mol. The summed E-state index contributed by atoms with van der Waals surface area (Å²) in [6, 6.07) is 0. The van der Waals surface area contributed by atoms with Crippen molar-refractivity contribution in [2.45, 2.75) is 27.2 Å². The highest BCUT2D eigenvalue weighted by molar-refractivity contribution is 5.82. The Balaban J connectivity index is 2.11. The quantitative estimate of drug-likeness (QED) is 0.612. The number of hydrogen-bond donors (Lipinski definition) is 2. The molecule has 2 heterocycles. The highest BCUT2D eigenvalue weighted by Crippen LogP contribution is 2.28. The molecule has 0 fully saturated rings. The third-order valence-electron chi connectivity index (χ3n) is 3.14. The lowest BCUT2D eigenvalue weighted by Gasteiger charge is -2.15. The molecule has 0 aliphatic carbocycles. The molecule has 2 aromatic rings. The highest BCUT2D eigenvalue weighted by Gasteiger charge is 2.14. The van der Waals surface area contributed by atoms with E-state index in [0.29, 0.717) is 30.9 Å². The average Bonchev–Trinajstić information content (AvgIpc) is 2.88. The smallest absolute Gasteiger partial charge is 0.302 e. The maximum absolute atomic E-state index is 10.7. The van der Waals surface area contributed by atoms with Crippen LogP contribution in [0.4, 0.5) is 11.4 Å². The fourth-order valence-electron chi connectivity index (χ4n) is 1.96. The van der Waals surface area contributed by atoms with Crippen molar-refractivity contribution in [1.29, 1.82) is 0 Å². The zero-order chi connectivity index (χ0) is 14.7. The van der Waals surface area contributed by atoms with Crippen LogP contribution in [0.2, 0.25) is 0 Å². The minimum absolute atomic E-state index is 0.271. The van der Waals surface area contributed by atoms with Gasteiger partial charge < -0.3 is 15.8 Å². The van der Waals surface area contributed by atoms with E-state index in [1.165, 1.54) is 6.92 Å². The van der Waals surface area contributed by atoms with Gasteiger partial charge >= 0.3 is 5.97 Å². The second-order valence-corrected chi connectivity index (χ2v) is 4.53. The van der Waals surface area contributed by atoms with E-state index in [2.05, 4.69) is 20.8 Å². The van der Waals surface area contributed by atoms with E-state index in [-0.39, 0.29) is 5.97 Å². The lowest BCUT2D eigenvalue weighted by molar-refractivity contribution is -0.140. The number of esters is 1. The van der Waals surface area contributed by atoms with Crippen molar-refractivity contribution >= 4 is 23.0 Å². The summed E-state index contributed by atoms with van der Waals surface area (Å²) in [5.74, 6) is -0.271. The third-order valence-corrected chi connectivity index (χ3v) is 3.14. The number of tetrazole rings is 1. The molecule has 0 aliphatic rings. The van der Waals surface area contributed by atoms with Crippen LogP contribution >= 0.6 is 0 Å². The van der Waals surface area contributed by atoms with Crippen LogP contribution < -0.4 is 11.1 Å². The van der Waals surface area contributed by atoms with Gasteiger partial charge in [-0.1, -0.05) is 0 Å². The van der Waals surface area contributed by atoms with Gasteiger partial charge in [0.05, 0.1) is 12.3 Å². The highest BCUT2D eigenvalue weighted by atomic mass is 16.5. The zero-order valence-corrected chi connectivity index (χ0v) is 11.8. The van der Waals surface area contributed by atoms with Crippen molar-refractivity contribution in [3.8, 4) is 0 Å². The van der Waals surface area contributed by atoms with E-state index < -0.39 is 0 Å². The van der Waals surface area contributed by atoms with Gasteiger partial charge in [-0.15, -0.1) is 5.10 Å². The van der Waals surface area contributed by atoms with Crippen molar-refractivity contribution in [3.63, 3.8) is 0 Å². The lowest BCUT2D eigenvalue weighted by Crippen LogP contribution is -2.12. The molecule has 0 bridgehead atoms. The Hall–Kier alpha value is -2.38. The molecule has 0 aliphatic heterocycles. The molecule has 2 rings (SSSR count). The Morgan fingerprint density at radius 3 is 2.90 bits per heavy atom. The number of carbonyl (C=O) groups is 1. The monoisotopic (exact) mass is 278 g/mol. The lowest BCUT2D eigenvalue weighted by atomic mass is 10.1. The summed E-state index contributed by atoms with van der Waals surface area (Å²) in [6.45, 7) is 6.32. The van der Waals surface area contributed by atoms with Crippen molar-refractivity contribution in [2.75, 3.05) is 24.2 Å². The Labute approximate surface area is 116 Å². The van der Waals surface area contributed by atoms with Crippen molar-refractivity contribution in [3.05, 3.63) is 11.3 Å². The van der Waals surface area contributed by atoms with Crippen LogP contribution in [0.3, 0.4) is 0 Å². The first-order chi connectivity index (χ1) is 9.52. The summed E-state index contributed by atoms with van der Waals surface area (Å²) in [5.41, 5.74) is 9.90. The summed E-state index contributed by atoms with van der Waals surface area (Å²) in [4.78, 5) is 10.7. The Kier molecular flexibility index (Phi) is 4.02. The van der Waals surface area contributed by atoms with Gasteiger partial charge in [-0.3, -0.25) is 4.79 Å². The number of hydrogen-bond acceptors (Lipinski definition) is 7. The van der Waals surface area contributed by atoms with Crippen LogP contribution in [0.1, 0.15) is 24.6 Å². The predicted molar refractivity (Wildman–Crippen MR) is 74.4 cm³/mol. The number of pyridine rings is 1. The zero-order valence-electron chi connectivity index (χ0n) is 11.8. The largest absolute Gasteiger partial charge is 0.466 e. The van der Waals surface area contributed by atoms with Crippen molar-refractivity contribution in [2.24, 2.45) is 0 Å². The first kappa shape index (κ1) is 14.0. The SMILES string of the molecule is CC(=O)OCCCNc1c(C)c(C)n2nnnc2c1N. The van der Waals surface area contributed by atoms with E-state index >= 15 is 0 Å². The van der Waals surface area contributed by atoms with Gasteiger partial charge in [0.25, 0.3) is 0 Å². The van der Waals surface area contributed by atoms with E-state index in [1.54, 1.807) is 4.52 Å². The third kappa shape index (κ3) is 2.63. The Morgan fingerprint density at radius 1 is 1.45 bits per heavy atom. The standard InChI is InChI=1S/C12H18N6O2/c1-7-8(2)18-12(15-16-17-18)10(13)11(7)14-5-4-6-20-9(3)19/h14H,4-6,13H2,1-3H3. The number of rotatable bonds is 5. The van der Waals surface area contributed by atoms with Gasteiger partial charge in [0.1, 0.15) is 5.69 Å². The molecule has 8 nitrogen and oxygen atoms in total.